The maximum absolute atomic E-state index is 12.1. The van der Waals surface area contributed by atoms with Crippen molar-refractivity contribution in [2.24, 2.45) is 0 Å². The van der Waals surface area contributed by atoms with Gasteiger partial charge in [-0.2, -0.15) is 0 Å². The number of rotatable bonds is 9. The summed E-state index contributed by atoms with van der Waals surface area (Å²) in [5, 5.41) is 0.984. The number of hydrogen-bond donors (Lipinski definition) is 0. The lowest BCUT2D eigenvalue weighted by Crippen LogP contribution is -2.30. The minimum Gasteiger partial charge on any atom is -0.212 e. The zero-order valence-corrected chi connectivity index (χ0v) is 13.8. The molecule has 0 radical (unpaired) electrons. The maximum Gasteiger partial charge on any atom is 0.214 e. The Kier molecular flexibility index (Phi) is 7.64. The van der Waals surface area contributed by atoms with Crippen LogP contribution < -0.4 is 0 Å². The van der Waals surface area contributed by atoms with Crippen LogP contribution in [0.2, 0.25) is 0 Å². The van der Waals surface area contributed by atoms with Gasteiger partial charge in [-0.3, -0.25) is 0 Å². The van der Waals surface area contributed by atoms with Gasteiger partial charge in [-0.15, -0.1) is 0 Å². The summed E-state index contributed by atoms with van der Waals surface area (Å²) in [6, 6.07) is 9.74. The van der Waals surface area contributed by atoms with Crippen molar-refractivity contribution in [1.29, 1.82) is 0 Å². The van der Waals surface area contributed by atoms with Crippen molar-refractivity contribution in [3.8, 4) is 0 Å². The fraction of sp³-hybridized carbons (Fsp3) is 0.571. The highest BCUT2D eigenvalue weighted by Gasteiger charge is 2.16. The number of hydrogen-bond acceptors (Lipinski definition) is 2. The molecule has 0 aliphatic carbocycles. The van der Waals surface area contributed by atoms with Crippen molar-refractivity contribution in [3.05, 3.63) is 35.9 Å². The zero-order chi connectivity index (χ0) is 14.1. The average Bonchev–Trinajstić information content (AvgIpc) is 2.42. The molecule has 0 bridgehead atoms. The van der Waals surface area contributed by atoms with E-state index in [0.717, 1.165) is 30.2 Å². The van der Waals surface area contributed by atoms with Crippen LogP contribution in [-0.2, 0) is 16.4 Å². The molecule has 0 unspecified atom stereocenters. The van der Waals surface area contributed by atoms with E-state index in [1.54, 1.807) is 7.05 Å². The molecule has 0 aromatic heterocycles. The van der Waals surface area contributed by atoms with Crippen LogP contribution in [0.3, 0.4) is 0 Å². The Morgan fingerprint density at radius 1 is 1.11 bits per heavy atom. The Bertz CT molecular complexity index is 448. The Labute approximate surface area is 125 Å². The summed E-state index contributed by atoms with van der Waals surface area (Å²) in [4.78, 5) is 0. The summed E-state index contributed by atoms with van der Waals surface area (Å²) in [6.07, 6.45) is 3.66. The fourth-order valence-electron chi connectivity index (χ4n) is 1.79. The van der Waals surface area contributed by atoms with Gasteiger partial charge in [0.2, 0.25) is 10.0 Å². The molecule has 3 nitrogen and oxygen atoms in total. The number of alkyl halides is 1. The highest BCUT2D eigenvalue weighted by molar-refractivity contribution is 9.09. The molecule has 1 aromatic rings. The monoisotopic (exact) mass is 347 g/mol. The van der Waals surface area contributed by atoms with Crippen LogP contribution in [-0.4, -0.2) is 37.4 Å². The second-order valence-electron chi connectivity index (χ2n) is 4.62. The van der Waals surface area contributed by atoms with Crippen molar-refractivity contribution >= 4 is 26.0 Å². The van der Waals surface area contributed by atoms with Crippen molar-refractivity contribution in [2.45, 2.75) is 25.7 Å². The van der Waals surface area contributed by atoms with Crippen molar-refractivity contribution in [3.63, 3.8) is 0 Å². The van der Waals surface area contributed by atoms with Gasteiger partial charge in [-0.05, 0) is 24.8 Å². The molecule has 0 aliphatic rings. The molecule has 19 heavy (non-hydrogen) atoms. The number of nitrogens with zero attached hydrogens (tertiary/aromatic N) is 1. The van der Waals surface area contributed by atoms with E-state index in [-0.39, 0.29) is 5.75 Å². The first-order valence-corrected chi connectivity index (χ1v) is 9.33. The maximum atomic E-state index is 12.1. The first-order valence-electron chi connectivity index (χ1n) is 6.60. The topological polar surface area (TPSA) is 37.4 Å². The van der Waals surface area contributed by atoms with E-state index < -0.39 is 10.0 Å². The van der Waals surface area contributed by atoms with Gasteiger partial charge >= 0.3 is 0 Å². The SMILES string of the molecule is CN(CCCCCBr)S(=O)(=O)CCc1ccccc1. The van der Waals surface area contributed by atoms with Gasteiger partial charge in [0.1, 0.15) is 0 Å². The number of halogens is 1. The second kappa shape index (κ2) is 8.72. The predicted molar refractivity (Wildman–Crippen MR) is 84.2 cm³/mol. The summed E-state index contributed by atoms with van der Waals surface area (Å²) < 4.78 is 25.7. The summed E-state index contributed by atoms with van der Waals surface area (Å²) in [6.45, 7) is 0.615. The number of unbranched alkanes of at least 4 members (excludes halogenated alkanes) is 2. The molecule has 0 saturated carbocycles. The molecule has 108 valence electrons. The molecular weight excluding hydrogens is 326 g/mol. The van der Waals surface area contributed by atoms with Crippen molar-refractivity contribution in [1.82, 2.24) is 4.31 Å². The van der Waals surface area contributed by atoms with Crippen LogP contribution in [0, 0.1) is 0 Å². The van der Waals surface area contributed by atoms with Gasteiger partial charge in [0.25, 0.3) is 0 Å². The van der Waals surface area contributed by atoms with Crippen molar-refractivity contribution < 1.29 is 8.42 Å². The molecule has 5 heteroatoms. The molecule has 0 amide bonds. The standard InChI is InChI=1S/C14H22BrNO2S/c1-16(12-7-3-6-11-15)19(17,18)13-10-14-8-4-2-5-9-14/h2,4-5,8-9H,3,6-7,10-13H2,1H3. The molecular formula is C14H22BrNO2S. The largest absolute Gasteiger partial charge is 0.214 e. The van der Waals surface area contributed by atoms with Crippen LogP contribution in [0.1, 0.15) is 24.8 Å². The van der Waals surface area contributed by atoms with Gasteiger partial charge in [-0.25, -0.2) is 12.7 Å². The summed E-state index contributed by atoms with van der Waals surface area (Å²) in [7, 11) is -1.45. The Balaban J connectivity index is 2.38. The third kappa shape index (κ3) is 6.54. The summed E-state index contributed by atoms with van der Waals surface area (Å²) in [5.41, 5.74) is 1.07. The van der Waals surface area contributed by atoms with E-state index in [4.69, 9.17) is 0 Å². The van der Waals surface area contributed by atoms with E-state index in [1.807, 2.05) is 30.3 Å². The lowest BCUT2D eigenvalue weighted by molar-refractivity contribution is 0.454. The van der Waals surface area contributed by atoms with Crippen LogP contribution in [0.25, 0.3) is 0 Å². The number of benzene rings is 1. The third-order valence-electron chi connectivity index (χ3n) is 3.07. The molecule has 0 heterocycles. The quantitative estimate of drug-likeness (QED) is 0.508. The molecule has 0 saturated heterocycles. The molecule has 0 spiro atoms. The van der Waals surface area contributed by atoms with E-state index >= 15 is 0 Å². The van der Waals surface area contributed by atoms with E-state index in [2.05, 4.69) is 15.9 Å². The van der Waals surface area contributed by atoms with E-state index in [9.17, 15) is 8.42 Å². The molecule has 1 aromatic carbocycles. The van der Waals surface area contributed by atoms with Crippen LogP contribution in [0.5, 0.6) is 0 Å². The molecule has 0 N–H and O–H groups in total. The number of sulfonamides is 1. The van der Waals surface area contributed by atoms with Gasteiger partial charge in [0.15, 0.2) is 0 Å². The lowest BCUT2D eigenvalue weighted by atomic mass is 10.2. The van der Waals surface area contributed by atoms with Gasteiger partial charge in [0.05, 0.1) is 5.75 Å². The average molecular weight is 348 g/mol. The molecule has 0 aliphatic heterocycles. The van der Waals surface area contributed by atoms with Crippen LogP contribution in [0.15, 0.2) is 30.3 Å². The molecule has 0 atom stereocenters. The highest BCUT2D eigenvalue weighted by Crippen LogP contribution is 2.07. The molecule has 1 rings (SSSR count). The van der Waals surface area contributed by atoms with E-state index in [0.29, 0.717) is 13.0 Å². The normalized spacial score (nSPS) is 11.9. The Hall–Kier alpha value is -0.390. The fourth-order valence-corrected chi connectivity index (χ4v) is 3.40. The second-order valence-corrected chi connectivity index (χ2v) is 7.61. The van der Waals surface area contributed by atoms with E-state index in [1.165, 1.54) is 4.31 Å². The smallest absolute Gasteiger partial charge is 0.212 e. The number of aryl methyl sites for hydroxylation is 1. The predicted octanol–water partition coefficient (Wildman–Crippen LogP) is 3.06. The Morgan fingerprint density at radius 3 is 2.42 bits per heavy atom. The van der Waals surface area contributed by atoms with Crippen LogP contribution >= 0.6 is 15.9 Å². The molecule has 0 fully saturated rings. The Morgan fingerprint density at radius 2 is 1.79 bits per heavy atom. The highest BCUT2D eigenvalue weighted by atomic mass is 79.9. The van der Waals surface area contributed by atoms with Gasteiger partial charge < -0.3 is 0 Å². The summed E-state index contributed by atoms with van der Waals surface area (Å²) in [5.74, 6) is 0.186. The first-order chi connectivity index (χ1) is 9.06. The first kappa shape index (κ1) is 16.7. The van der Waals surface area contributed by atoms with Gasteiger partial charge in [0, 0.05) is 18.9 Å². The third-order valence-corrected chi connectivity index (χ3v) is 5.49. The minimum absolute atomic E-state index is 0.186. The minimum atomic E-state index is -3.12. The van der Waals surface area contributed by atoms with Crippen LogP contribution in [0.4, 0.5) is 0 Å². The zero-order valence-electron chi connectivity index (χ0n) is 11.4. The van der Waals surface area contributed by atoms with Gasteiger partial charge in [-0.1, -0.05) is 52.7 Å². The lowest BCUT2D eigenvalue weighted by Gasteiger charge is -2.17. The summed E-state index contributed by atoms with van der Waals surface area (Å²) >= 11 is 3.37. The van der Waals surface area contributed by atoms with Crippen molar-refractivity contribution in [2.75, 3.05) is 24.7 Å².